The fraction of sp³-hybridized carbons (Fsp3) is 0.300. The van der Waals surface area contributed by atoms with Crippen LogP contribution in [0.25, 0.3) is 10.2 Å². The second-order valence-corrected chi connectivity index (χ2v) is 8.37. The number of halogens is 2. The standard InChI is InChI=1S/C20H22BrN3OS.ClH/c1-23(2)12-13-24(19(25)11-8-15-6-4-3-5-7-15)20-22-17-10-9-16(21)14-18(17)26-20;/h3-7,9-10,14H,8,11-13H2,1-2H3;1H. The van der Waals surface area contributed by atoms with Crippen LogP contribution in [0.1, 0.15) is 12.0 Å². The summed E-state index contributed by atoms with van der Waals surface area (Å²) in [5, 5.41) is 0.776. The molecule has 0 atom stereocenters. The molecule has 0 saturated heterocycles. The second-order valence-electron chi connectivity index (χ2n) is 6.44. The fourth-order valence-corrected chi connectivity index (χ4v) is 4.22. The average molecular weight is 469 g/mol. The van der Waals surface area contributed by atoms with E-state index in [2.05, 4.69) is 39.0 Å². The van der Waals surface area contributed by atoms with E-state index in [-0.39, 0.29) is 18.3 Å². The monoisotopic (exact) mass is 467 g/mol. The zero-order valence-corrected chi connectivity index (χ0v) is 18.6. The maximum Gasteiger partial charge on any atom is 0.229 e. The number of benzene rings is 2. The molecular weight excluding hydrogens is 446 g/mol. The lowest BCUT2D eigenvalue weighted by Gasteiger charge is -2.22. The van der Waals surface area contributed by atoms with E-state index >= 15 is 0 Å². The maximum atomic E-state index is 12.9. The van der Waals surface area contributed by atoms with Gasteiger partial charge in [-0.05, 0) is 44.3 Å². The highest BCUT2D eigenvalue weighted by Gasteiger charge is 2.19. The maximum absolute atomic E-state index is 12.9. The van der Waals surface area contributed by atoms with Crippen LogP contribution in [-0.2, 0) is 11.2 Å². The Morgan fingerprint density at radius 1 is 1.11 bits per heavy atom. The van der Waals surface area contributed by atoms with Crippen molar-refractivity contribution < 1.29 is 4.79 Å². The zero-order chi connectivity index (χ0) is 18.5. The SMILES string of the molecule is CN(C)CCN(C(=O)CCc1ccccc1)c1nc2ccc(Br)cc2s1.Cl. The zero-order valence-electron chi connectivity index (χ0n) is 15.4. The van der Waals surface area contributed by atoms with Crippen molar-refractivity contribution in [2.45, 2.75) is 12.8 Å². The van der Waals surface area contributed by atoms with Crippen LogP contribution in [-0.4, -0.2) is 43.0 Å². The molecule has 0 bridgehead atoms. The number of anilines is 1. The van der Waals surface area contributed by atoms with E-state index < -0.39 is 0 Å². The van der Waals surface area contributed by atoms with E-state index in [4.69, 9.17) is 4.98 Å². The summed E-state index contributed by atoms with van der Waals surface area (Å²) in [6.07, 6.45) is 1.23. The molecule has 0 saturated carbocycles. The summed E-state index contributed by atoms with van der Waals surface area (Å²) in [4.78, 5) is 21.6. The van der Waals surface area contributed by atoms with Crippen LogP contribution in [0.3, 0.4) is 0 Å². The third kappa shape index (κ3) is 6.01. The Morgan fingerprint density at radius 2 is 1.85 bits per heavy atom. The number of hydrogen-bond acceptors (Lipinski definition) is 4. The molecule has 0 aliphatic carbocycles. The van der Waals surface area contributed by atoms with Crippen LogP contribution in [0.5, 0.6) is 0 Å². The second kappa shape index (κ2) is 10.2. The number of likely N-dealkylation sites (N-methyl/N-ethyl adjacent to an activating group) is 1. The van der Waals surface area contributed by atoms with E-state index in [0.29, 0.717) is 13.0 Å². The van der Waals surface area contributed by atoms with Gasteiger partial charge in [-0.15, -0.1) is 12.4 Å². The average Bonchev–Trinajstić information content (AvgIpc) is 3.03. The quantitative estimate of drug-likeness (QED) is 0.489. The van der Waals surface area contributed by atoms with Crippen molar-refractivity contribution in [3.05, 3.63) is 58.6 Å². The van der Waals surface area contributed by atoms with Crippen LogP contribution in [0.4, 0.5) is 5.13 Å². The Balaban J connectivity index is 0.00000261. The van der Waals surface area contributed by atoms with Crippen LogP contribution in [0.15, 0.2) is 53.0 Å². The highest BCUT2D eigenvalue weighted by atomic mass is 79.9. The summed E-state index contributed by atoms with van der Waals surface area (Å²) >= 11 is 5.07. The minimum atomic E-state index is 0. The van der Waals surface area contributed by atoms with Crippen LogP contribution < -0.4 is 4.90 Å². The van der Waals surface area contributed by atoms with Crippen molar-refractivity contribution in [1.82, 2.24) is 9.88 Å². The predicted molar refractivity (Wildman–Crippen MR) is 120 cm³/mol. The fourth-order valence-electron chi connectivity index (χ4n) is 2.66. The number of amides is 1. The van der Waals surface area contributed by atoms with Gasteiger partial charge in [-0.1, -0.05) is 57.6 Å². The molecule has 7 heteroatoms. The molecule has 0 aliphatic rings. The molecule has 0 N–H and O–H groups in total. The largest absolute Gasteiger partial charge is 0.308 e. The van der Waals surface area contributed by atoms with Crippen molar-refractivity contribution >= 4 is 60.9 Å². The number of carbonyl (C=O) groups excluding carboxylic acids is 1. The number of aromatic nitrogens is 1. The summed E-state index contributed by atoms with van der Waals surface area (Å²) in [5.41, 5.74) is 2.11. The molecule has 3 rings (SSSR count). The Hall–Kier alpha value is -1.47. The number of thiazole rings is 1. The van der Waals surface area contributed by atoms with Gasteiger partial charge in [0, 0.05) is 24.0 Å². The molecule has 2 aromatic carbocycles. The predicted octanol–water partition coefficient (Wildman–Crippen LogP) is 5.01. The lowest BCUT2D eigenvalue weighted by Crippen LogP contribution is -2.36. The van der Waals surface area contributed by atoms with Gasteiger partial charge in [-0.25, -0.2) is 4.98 Å². The van der Waals surface area contributed by atoms with Crippen LogP contribution >= 0.6 is 39.7 Å². The number of hydrogen-bond donors (Lipinski definition) is 0. The number of rotatable bonds is 7. The van der Waals surface area contributed by atoms with Crippen molar-refractivity contribution in [2.24, 2.45) is 0 Å². The van der Waals surface area contributed by atoms with Gasteiger partial charge in [0.05, 0.1) is 10.2 Å². The highest BCUT2D eigenvalue weighted by molar-refractivity contribution is 9.10. The number of nitrogens with zero attached hydrogens (tertiary/aromatic N) is 3. The molecule has 3 aromatic rings. The molecule has 0 spiro atoms. The topological polar surface area (TPSA) is 36.4 Å². The summed E-state index contributed by atoms with van der Waals surface area (Å²) < 4.78 is 2.11. The van der Waals surface area contributed by atoms with Crippen LogP contribution in [0.2, 0.25) is 0 Å². The molecule has 1 amide bonds. The highest BCUT2D eigenvalue weighted by Crippen LogP contribution is 2.31. The molecular formula is C20H23BrClN3OS. The molecule has 0 fully saturated rings. The van der Waals surface area contributed by atoms with E-state index in [1.807, 2.05) is 49.3 Å². The van der Waals surface area contributed by atoms with Crippen LogP contribution in [0, 0.1) is 0 Å². The van der Waals surface area contributed by atoms with Gasteiger partial charge < -0.3 is 4.90 Å². The molecule has 0 aliphatic heterocycles. The minimum Gasteiger partial charge on any atom is -0.308 e. The minimum absolute atomic E-state index is 0. The molecule has 27 heavy (non-hydrogen) atoms. The third-order valence-corrected chi connectivity index (χ3v) is 5.65. The summed E-state index contributed by atoms with van der Waals surface area (Å²) in [6, 6.07) is 16.2. The lowest BCUT2D eigenvalue weighted by molar-refractivity contribution is -0.118. The van der Waals surface area contributed by atoms with Gasteiger partial charge >= 0.3 is 0 Å². The Labute approximate surface area is 178 Å². The van der Waals surface area contributed by atoms with E-state index in [0.717, 1.165) is 32.8 Å². The summed E-state index contributed by atoms with van der Waals surface area (Å²) in [5.74, 6) is 0.119. The lowest BCUT2D eigenvalue weighted by atomic mass is 10.1. The number of aryl methyl sites for hydroxylation is 1. The van der Waals surface area contributed by atoms with E-state index in [1.54, 1.807) is 11.3 Å². The molecule has 4 nitrogen and oxygen atoms in total. The van der Waals surface area contributed by atoms with E-state index in [1.165, 1.54) is 5.56 Å². The van der Waals surface area contributed by atoms with Crippen molar-refractivity contribution in [3.8, 4) is 0 Å². The first-order valence-corrected chi connectivity index (χ1v) is 10.2. The molecule has 144 valence electrons. The normalized spacial score (nSPS) is 10.8. The Morgan fingerprint density at radius 3 is 2.56 bits per heavy atom. The van der Waals surface area contributed by atoms with Gasteiger partial charge in [0.2, 0.25) is 5.91 Å². The smallest absolute Gasteiger partial charge is 0.229 e. The Bertz CT molecular complexity index is 885. The van der Waals surface area contributed by atoms with Crippen molar-refractivity contribution in [1.29, 1.82) is 0 Å². The van der Waals surface area contributed by atoms with Gasteiger partial charge in [0.1, 0.15) is 0 Å². The van der Waals surface area contributed by atoms with Gasteiger partial charge in [-0.3, -0.25) is 9.69 Å². The van der Waals surface area contributed by atoms with Gasteiger partial charge in [0.15, 0.2) is 5.13 Å². The number of fused-ring (bicyclic) bond motifs is 1. The van der Waals surface area contributed by atoms with Crippen molar-refractivity contribution in [3.63, 3.8) is 0 Å². The first kappa shape index (κ1) is 21.8. The molecule has 0 radical (unpaired) electrons. The van der Waals surface area contributed by atoms with Gasteiger partial charge in [0.25, 0.3) is 0 Å². The van der Waals surface area contributed by atoms with Gasteiger partial charge in [-0.2, -0.15) is 0 Å². The molecule has 0 unspecified atom stereocenters. The number of carbonyl (C=O) groups is 1. The molecule has 1 heterocycles. The summed E-state index contributed by atoms with van der Waals surface area (Å²) in [6.45, 7) is 1.44. The van der Waals surface area contributed by atoms with E-state index in [9.17, 15) is 4.79 Å². The molecule has 1 aromatic heterocycles. The first-order chi connectivity index (χ1) is 12.5. The Kier molecular flexibility index (Phi) is 8.23. The summed E-state index contributed by atoms with van der Waals surface area (Å²) in [7, 11) is 4.03. The van der Waals surface area contributed by atoms with Crippen molar-refractivity contribution in [2.75, 3.05) is 32.1 Å². The third-order valence-electron chi connectivity index (χ3n) is 4.11. The first-order valence-electron chi connectivity index (χ1n) is 8.58.